The van der Waals surface area contributed by atoms with Crippen LogP contribution in [0.15, 0.2) is 31.1 Å². The maximum absolute atomic E-state index is 4.46. The van der Waals surface area contributed by atoms with E-state index in [2.05, 4.69) is 48.6 Å². The molecule has 2 nitrogen and oxygen atoms in total. The lowest BCUT2D eigenvalue weighted by atomic mass is 10.0. The van der Waals surface area contributed by atoms with Crippen molar-refractivity contribution in [2.75, 3.05) is 0 Å². The number of nitrogens with zero attached hydrogens (tertiary/aromatic N) is 2. The second kappa shape index (κ2) is 4.98. The Labute approximate surface area is 123 Å². The molecule has 0 bridgehead atoms. The number of hydrogen-bond donors (Lipinski definition) is 0. The molecule has 0 radical (unpaired) electrons. The van der Waals surface area contributed by atoms with E-state index in [-0.39, 0.29) is 0 Å². The Bertz CT molecular complexity index is 799. The van der Waals surface area contributed by atoms with E-state index < -0.39 is 0 Å². The molecule has 0 N–H and O–H groups in total. The van der Waals surface area contributed by atoms with Crippen LogP contribution in [0.3, 0.4) is 0 Å². The fourth-order valence-corrected chi connectivity index (χ4v) is 3.81. The Kier molecular flexibility index (Phi) is 3.30. The van der Waals surface area contributed by atoms with Crippen LogP contribution in [0, 0.1) is 5.92 Å². The zero-order valence-corrected chi connectivity index (χ0v) is 12.9. The molecule has 0 unspecified atom stereocenters. The van der Waals surface area contributed by atoms with Crippen molar-refractivity contribution in [2.45, 2.75) is 27.2 Å². The summed E-state index contributed by atoms with van der Waals surface area (Å²) in [5, 5.41) is 1.22. The van der Waals surface area contributed by atoms with Gasteiger partial charge in [0.1, 0.15) is 6.33 Å². The molecule has 0 amide bonds. The van der Waals surface area contributed by atoms with Gasteiger partial charge in [-0.15, -0.1) is 11.3 Å². The van der Waals surface area contributed by atoms with Crippen LogP contribution in [-0.2, 0) is 6.42 Å². The van der Waals surface area contributed by atoms with E-state index in [0.29, 0.717) is 5.92 Å². The number of rotatable bonds is 3. The molecule has 2 heterocycles. The quantitative estimate of drug-likeness (QED) is 0.669. The zero-order chi connectivity index (χ0) is 14.3. The standard InChI is InChI=1S/C17H18N2S/c1-10(2)7-12-5-6-13-14(8-12)20-17-15(11(3)4)18-9-19-16(13)17/h5-6,8-10H,3,7H2,1-2,4H3. The van der Waals surface area contributed by atoms with E-state index >= 15 is 0 Å². The van der Waals surface area contributed by atoms with Crippen LogP contribution in [0.4, 0.5) is 0 Å². The molecule has 0 aliphatic heterocycles. The topological polar surface area (TPSA) is 25.8 Å². The normalized spacial score (nSPS) is 11.6. The summed E-state index contributed by atoms with van der Waals surface area (Å²) in [6.45, 7) is 10.5. The second-order valence-electron chi connectivity index (χ2n) is 5.71. The van der Waals surface area contributed by atoms with Crippen molar-refractivity contribution in [3.63, 3.8) is 0 Å². The molecule has 0 atom stereocenters. The minimum Gasteiger partial charge on any atom is -0.235 e. The van der Waals surface area contributed by atoms with E-state index in [1.807, 2.05) is 6.92 Å². The third kappa shape index (κ3) is 2.22. The molecule has 3 rings (SSSR count). The highest BCUT2D eigenvalue weighted by Gasteiger charge is 2.12. The van der Waals surface area contributed by atoms with Gasteiger partial charge in [-0.3, -0.25) is 0 Å². The second-order valence-corrected chi connectivity index (χ2v) is 6.76. The molecule has 0 aliphatic rings. The Morgan fingerprint density at radius 1 is 1.30 bits per heavy atom. The molecule has 0 saturated heterocycles. The predicted molar refractivity (Wildman–Crippen MR) is 88.2 cm³/mol. The Hall–Kier alpha value is -1.74. The first kappa shape index (κ1) is 13.3. The summed E-state index contributed by atoms with van der Waals surface area (Å²) in [6, 6.07) is 6.71. The monoisotopic (exact) mass is 282 g/mol. The fourth-order valence-electron chi connectivity index (χ4n) is 2.52. The Balaban J connectivity index is 2.25. The van der Waals surface area contributed by atoms with Gasteiger partial charge in [-0.1, -0.05) is 32.6 Å². The third-order valence-electron chi connectivity index (χ3n) is 3.37. The van der Waals surface area contributed by atoms with Crippen LogP contribution >= 0.6 is 11.3 Å². The lowest BCUT2D eigenvalue weighted by Crippen LogP contribution is -1.92. The summed E-state index contributed by atoms with van der Waals surface area (Å²) in [5.74, 6) is 0.674. The number of aromatic nitrogens is 2. The predicted octanol–water partition coefficient (Wildman–Crippen LogP) is 5.08. The minimum atomic E-state index is 0.674. The molecule has 20 heavy (non-hydrogen) atoms. The third-order valence-corrected chi connectivity index (χ3v) is 4.51. The molecule has 2 aromatic heterocycles. The molecule has 0 fully saturated rings. The molecule has 102 valence electrons. The van der Waals surface area contributed by atoms with Crippen LogP contribution in [-0.4, -0.2) is 9.97 Å². The summed E-state index contributed by atoms with van der Waals surface area (Å²) in [7, 11) is 0. The van der Waals surface area contributed by atoms with Crippen molar-refractivity contribution >= 4 is 37.2 Å². The van der Waals surface area contributed by atoms with Gasteiger partial charge < -0.3 is 0 Å². The van der Waals surface area contributed by atoms with E-state index in [1.165, 1.54) is 15.6 Å². The van der Waals surface area contributed by atoms with Gasteiger partial charge in [0.05, 0.1) is 15.9 Å². The number of allylic oxidation sites excluding steroid dienone is 1. The van der Waals surface area contributed by atoms with Crippen molar-refractivity contribution in [3.05, 3.63) is 42.4 Å². The number of thiophene rings is 1. The summed E-state index contributed by atoms with van der Waals surface area (Å²) < 4.78 is 2.44. The van der Waals surface area contributed by atoms with Gasteiger partial charge in [0, 0.05) is 10.1 Å². The first-order valence-electron chi connectivity index (χ1n) is 6.88. The highest BCUT2D eigenvalue weighted by molar-refractivity contribution is 7.26. The number of hydrogen-bond acceptors (Lipinski definition) is 3. The van der Waals surface area contributed by atoms with Gasteiger partial charge in [0.15, 0.2) is 0 Å². The highest BCUT2D eigenvalue weighted by Crippen LogP contribution is 2.36. The maximum Gasteiger partial charge on any atom is 0.116 e. The lowest BCUT2D eigenvalue weighted by Gasteiger charge is -2.04. The van der Waals surface area contributed by atoms with Crippen molar-refractivity contribution in [1.29, 1.82) is 0 Å². The van der Waals surface area contributed by atoms with E-state index in [1.54, 1.807) is 17.7 Å². The summed E-state index contributed by atoms with van der Waals surface area (Å²) in [4.78, 5) is 8.83. The first-order chi connectivity index (χ1) is 9.56. The molecular weight excluding hydrogens is 264 g/mol. The van der Waals surface area contributed by atoms with Crippen LogP contribution in [0.5, 0.6) is 0 Å². The Morgan fingerprint density at radius 3 is 2.80 bits per heavy atom. The van der Waals surface area contributed by atoms with E-state index in [4.69, 9.17) is 0 Å². The van der Waals surface area contributed by atoms with Crippen LogP contribution in [0.1, 0.15) is 32.0 Å². The molecule has 0 spiro atoms. The smallest absolute Gasteiger partial charge is 0.116 e. The zero-order valence-electron chi connectivity index (χ0n) is 12.1. The largest absolute Gasteiger partial charge is 0.235 e. The first-order valence-corrected chi connectivity index (χ1v) is 7.70. The summed E-state index contributed by atoms with van der Waals surface area (Å²) in [6.07, 6.45) is 2.75. The van der Waals surface area contributed by atoms with Crippen LogP contribution < -0.4 is 0 Å². The minimum absolute atomic E-state index is 0.674. The molecular formula is C17H18N2S. The molecule has 0 aliphatic carbocycles. The maximum atomic E-state index is 4.46. The number of fused-ring (bicyclic) bond motifs is 3. The van der Waals surface area contributed by atoms with Crippen molar-refractivity contribution in [2.24, 2.45) is 5.92 Å². The van der Waals surface area contributed by atoms with E-state index in [9.17, 15) is 0 Å². The van der Waals surface area contributed by atoms with Crippen molar-refractivity contribution in [3.8, 4) is 0 Å². The molecule has 3 heteroatoms. The highest BCUT2D eigenvalue weighted by atomic mass is 32.1. The van der Waals surface area contributed by atoms with Crippen molar-refractivity contribution in [1.82, 2.24) is 9.97 Å². The van der Waals surface area contributed by atoms with Crippen LogP contribution in [0.2, 0.25) is 0 Å². The van der Waals surface area contributed by atoms with Gasteiger partial charge in [-0.2, -0.15) is 0 Å². The molecule has 0 saturated carbocycles. The summed E-state index contributed by atoms with van der Waals surface area (Å²) >= 11 is 1.77. The van der Waals surface area contributed by atoms with Gasteiger partial charge >= 0.3 is 0 Å². The molecule has 3 aromatic rings. The van der Waals surface area contributed by atoms with Crippen molar-refractivity contribution < 1.29 is 0 Å². The fraction of sp³-hybridized carbons (Fsp3) is 0.294. The summed E-state index contributed by atoms with van der Waals surface area (Å²) in [5.41, 5.74) is 4.41. The van der Waals surface area contributed by atoms with Gasteiger partial charge in [-0.05, 0) is 36.5 Å². The van der Waals surface area contributed by atoms with Gasteiger partial charge in [0.25, 0.3) is 0 Å². The average Bonchev–Trinajstić information content (AvgIpc) is 2.74. The number of benzene rings is 1. The van der Waals surface area contributed by atoms with Gasteiger partial charge in [0.2, 0.25) is 0 Å². The van der Waals surface area contributed by atoms with Gasteiger partial charge in [-0.25, -0.2) is 9.97 Å². The SMILES string of the molecule is C=C(C)c1ncnc2c1sc1cc(CC(C)C)ccc12. The lowest BCUT2D eigenvalue weighted by molar-refractivity contribution is 0.648. The average molecular weight is 282 g/mol. The molecule has 1 aromatic carbocycles. The van der Waals surface area contributed by atoms with E-state index in [0.717, 1.165) is 27.9 Å². The van der Waals surface area contributed by atoms with Crippen LogP contribution in [0.25, 0.3) is 25.9 Å². The Morgan fingerprint density at radius 2 is 2.10 bits per heavy atom.